The van der Waals surface area contributed by atoms with Crippen molar-refractivity contribution < 1.29 is 17.9 Å². The fourth-order valence-corrected chi connectivity index (χ4v) is 3.63. The minimum Gasteiger partial charge on any atom is -0.490 e. The van der Waals surface area contributed by atoms with Gasteiger partial charge in [0.1, 0.15) is 19.0 Å². The number of aromatic nitrogens is 2. The Morgan fingerprint density at radius 2 is 1.59 bits per heavy atom. The summed E-state index contributed by atoms with van der Waals surface area (Å²) in [6.07, 6.45) is 4.74. The summed E-state index contributed by atoms with van der Waals surface area (Å²) in [5.41, 5.74) is 1.09. The van der Waals surface area contributed by atoms with E-state index in [2.05, 4.69) is 21.6 Å². The number of nitrogens with zero attached hydrogens (tertiary/aromatic N) is 2. The van der Waals surface area contributed by atoms with Gasteiger partial charge in [-0.15, -0.1) is 0 Å². The van der Waals surface area contributed by atoms with E-state index in [0.717, 1.165) is 24.2 Å². The molecule has 0 aliphatic heterocycles. The zero-order valence-electron chi connectivity index (χ0n) is 16.1. The second-order valence-corrected chi connectivity index (χ2v) is 7.90. The molecule has 0 unspecified atom stereocenters. The number of hydrogen-bond acceptors (Lipinski definition) is 6. The molecule has 1 aromatic heterocycles. The molecule has 2 aromatic carbocycles. The topological polar surface area (TPSA) is 90.4 Å². The first-order chi connectivity index (χ1) is 14.1. The number of para-hydroxylation sites is 1. The normalized spacial score (nSPS) is 11.1. The van der Waals surface area contributed by atoms with Crippen molar-refractivity contribution in [2.75, 3.05) is 17.9 Å². The van der Waals surface area contributed by atoms with Crippen molar-refractivity contribution in [2.45, 2.75) is 24.7 Å². The second kappa shape index (κ2) is 9.88. The molecule has 0 saturated heterocycles. The number of aryl methyl sites for hydroxylation is 1. The van der Waals surface area contributed by atoms with E-state index in [-0.39, 0.29) is 29.8 Å². The molecular weight excluding hydrogens is 390 g/mol. The van der Waals surface area contributed by atoms with Crippen LogP contribution in [0.1, 0.15) is 18.9 Å². The second-order valence-electron chi connectivity index (χ2n) is 6.22. The highest BCUT2D eigenvalue weighted by atomic mass is 32.2. The van der Waals surface area contributed by atoms with Gasteiger partial charge in [0, 0.05) is 12.4 Å². The number of hydrogen-bond donors (Lipinski definition) is 1. The first kappa shape index (κ1) is 20.6. The number of benzene rings is 2. The maximum Gasteiger partial charge on any atom is 0.263 e. The molecule has 0 bridgehead atoms. The van der Waals surface area contributed by atoms with Gasteiger partial charge >= 0.3 is 0 Å². The van der Waals surface area contributed by atoms with Gasteiger partial charge < -0.3 is 9.47 Å². The van der Waals surface area contributed by atoms with Gasteiger partial charge in [-0.2, -0.15) is 0 Å². The molecule has 8 heteroatoms. The van der Waals surface area contributed by atoms with Gasteiger partial charge in [-0.1, -0.05) is 43.7 Å². The molecule has 0 fully saturated rings. The predicted molar refractivity (Wildman–Crippen MR) is 111 cm³/mol. The van der Waals surface area contributed by atoms with Crippen molar-refractivity contribution in [2.24, 2.45) is 0 Å². The largest absolute Gasteiger partial charge is 0.490 e. The highest BCUT2D eigenvalue weighted by Gasteiger charge is 2.18. The summed E-state index contributed by atoms with van der Waals surface area (Å²) in [4.78, 5) is 8.28. The molecule has 3 rings (SSSR count). The minimum atomic E-state index is -3.80. The molecule has 1 N–H and O–H groups in total. The quantitative estimate of drug-likeness (QED) is 0.510. The molecule has 3 aromatic rings. The molecule has 1 heterocycles. The SMILES string of the molecule is CCCc1ccc(S(=O)(=O)Nc2nccnc2OCCOc2ccccc2)cc1. The lowest BCUT2D eigenvalue weighted by Crippen LogP contribution is -2.17. The Kier molecular flexibility index (Phi) is 7.02. The Labute approximate surface area is 170 Å². The first-order valence-electron chi connectivity index (χ1n) is 9.32. The zero-order chi connectivity index (χ0) is 20.5. The third kappa shape index (κ3) is 5.92. The van der Waals surface area contributed by atoms with E-state index < -0.39 is 10.0 Å². The van der Waals surface area contributed by atoms with Gasteiger partial charge in [0.15, 0.2) is 0 Å². The Hall–Kier alpha value is -3.13. The molecule has 0 spiro atoms. The predicted octanol–water partition coefficient (Wildman–Crippen LogP) is 3.69. The Bertz CT molecular complexity index is 1010. The van der Waals surface area contributed by atoms with Crippen LogP contribution in [0.4, 0.5) is 5.82 Å². The lowest BCUT2D eigenvalue weighted by atomic mass is 10.1. The van der Waals surface area contributed by atoms with Crippen molar-refractivity contribution in [1.82, 2.24) is 9.97 Å². The molecule has 0 atom stereocenters. The van der Waals surface area contributed by atoms with Gasteiger partial charge in [-0.25, -0.2) is 18.4 Å². The first-order valence-corrected chi connectivity index (χ1v) is 10.8. The molecule has 0 saturated carbocycles. The lowest BCUT2D eigenvalue weighted by Gasteiger charge is -2.12. The highest BCUT2D eigenvalue weighted by molar-refractivity contribution is 7.92. The number of nitrogens with one attached hydrogen (secondary N) is 1. The van der Waals surface area contributed by atoms with Gasteiger partial charge in [-0.05, 0) is 36.2 Å². The van der Waals surface area contributed by atoms with E-state index in [1.165, 1.54) is 12.4 Å². The molecule has 0 radical (unpaired) electrons. The smallest absolute Gasteiger partial charge is 0.263 e. The van der Waals surface area contributed by atoms with E-state index in [4.69, 9.17) is 9.47 Å². The van der Waals surface area contributed by atoms with Crippen LogP contribution in [0.5, 0.6) is 11.6 Å². The van der Waals surface area contributed by atoms with Crippen molar-refractivity contribution in [3.05, 3.63) is 72.6 Å². The Morgan fingerprint density at radius 3 is 2.31 bits per heavy atom. The summed E-state index contributed by atoms with van der Waals surface area (Å²) in [6, 6.07) is 16.1. The fraction of sp³-hybridized carbons (Fsp3) is 0.238. The summed E-state index contributed by atoms with van der Waals surface area (Å²) in [7, 11) is -3.80. The molecular formula is C21H23N3O4S. The van der Waals surface area contributed by atoms with Gasteiger partial charge in [0.05, 0.1) is 4.90 Å². The monoisotopic (exact) mass is 413 g/mol. The van der Waals surface area contributed by atoms with Crippen LogP contribution >= 0.6 is 0 Å². The third-order valence-corrected chi connectivity index (χ3v) is 5.36. The van der Waals surface area contributed by atoms with Crippen LogP contribution < -0.4 is 14.2 Å². The highest BCUT2D eigenvalue weighted by Crippen LogP contribution is 2.22. The third-order valence-electron chi connectivity index (χ3n) is 4.00. The van der Waals surface area contributed by atoms with Crippen LogP contribution in [-0.4, -0.2) is 31.6 Å². The van der Waals surface area contributed by atoms with Crippen molar-refractivity contribution in [3.8, 4) is 11.6 Å². The van der Waals surface area contributed by atoms with E-state index in [1.807, 2.05) is 42.5 Å². The summed E-state index contributed by atoms with van der Waals surface area (Å²) < 4.78 is 38.9. The van der Waals surface area contributed by atoms with Crippen molar-refractivity contribution in [1.29, 1.82) is 0 Å². The number of rotatable bonds is 10. The van der Waals surface area contributed by atoms with Gasteiger partial charge in [0.25, 0.3) is 15.9 Å². The average Bonchev–Trinajstić information content (AvgIpc) is 2.73. The van der Waals surface area contributed by atoms with Gasteiger partial charge in [-0.3, -0.25) is 4.72 Å². The molecule has 0 amide bonds. The maximum atomic E-state index is 12.7. The number of sulfonamides is 1. The van der Waals surface area contributed by atoms with Crippen LogP contribution in [0.3, 0.4) is 0 Å². The maximum absolute atomic E-state index is 12.7. The van der Waals surface area contributed by atoms with Crippen LogP contribution in [0.2, 0.25) is 0 Å². The zero-order valence-corrected chi connectivity index (χ0v) is 16.9. The molecule has 29 heavy (non-hydrogen) atoms. The van der Waals surface area contributed by atoms with Crippen LogP contribution in [-0.2, 0) is 16.4 Å². The van der Waals surface area contributed by atoms with Crippen LogP contribution in [0.25, 0.3) is 0 Å². The molecule has 0 aliphatic carbocycles. The lowest BCUT2D eigenvalue weighted by molar-refractivity contribution is 0.212. The fourth-order valence-electron chi connectivity index (χ4n) is 2.63. The average molecular weight is 413 g/mol. The van der Waals surface area contributed by atoms with Crippen molar-refractivity contribution >= 4 is 15.8 Å². The number of anilines is 1. The van der Waals surface area contributed by atoms with E-state index in [9.17, 15) is 8.42 Å². The van der Waals surface area contributed by atoms with Gasteiger partial charge in [0.2, 0.25) is 5.82 Å². The van der Waals surface area contributed by atoms with Crippen LogP contribution in [0.15, 0.2) is 71.9 Å². The van der Waals surface area contributed by atoms with E-state index in [0.29, 0.717) is 0 Å². The summed E-state index contributed by atoms with van der Waals surface area (Å²) in [5.74, 6) is 0.850. The van der Waals surface area contributed by atoms with Crippen LogP contribution in [0, 0.1) is 0 Å². The summed E-state index contributed by atoms with van der Waals surface area (Å²) >= 11 is 0. The van der Waals surface area contributed by atoms with Crippen molar-refractivity contribution in [3.63, 3.8) is 0 Å². The van der Waals surface area contributed by atoms with E-state index in [1.54, 1.807) is 12.1 Å². The molecule has 7 nitrogen and oxygen atoms in total. The Balaban J connectivity index is 1.63. The molecule has 152 valence electrons. The van der Waals surface area contributed by atoms with E-state index >= 15 is 0 Å². The Morgan fingerprint density at radius 1 is 0.897 bits per heavy atom. The summed E-state index contributed by atoms with van der Waals surface area (Å²) in [5, 5.41) is 0. The standard InChI is InChI=1S/C21H23N3O4S/c1-2-6-17-9-11-19(12-10-17)29(25,26)24-20-21(23-14-13-22-20)28-16-15-27-18-7-4-3-5-8-18/h3-5,7-14H,2,6,15-16H2,1H3,(H,22,24). The molecule has 0 aliphatic rings. The minimum absolute atomic E-state index is 0.0323. The summed E-state index contributed by atoms with van der Waals surface area (Å²) in [6.45, 7) is 2.55. The number of ether oxygens (including phenoxy) is 2.